The van der Waals surface area contributed by atoms with Gasteiger partial charge in [-0.25, -0.2) is 8.42 Å². The summed E-state index contributed by atoms with van der Waals surface area (Å²) in [6.07, 6.45) is -4.14. The minimum Gasteiger partial charge on any atom is -0.485 e. The highest BCUT2D eigenvalue weighted by molar-refractivity contribution is 7.99. The third-order valence-electron chi connectivity index (χ3n) is 5.43. The molecule has 36 heavy (non-hydrogen) atoms. The van der Waals surface area contributed by atoms with Crippen LogP contribution in [0.2, 0.25) is 10.0 Å². The van der Waals surface area contributed by atoms with Crippen LogP contribution in [0.15, 0.2) is 75.4 Å². The van der Waals surface area contributed by atoms with Crippen molar-refractivity contribution in [2.45, 2.75) is 39.8 Å². The van der Waals surface area contributed by atoms with Crippen LogP contribution in [-0.4, -0.2) is 27.1 Å². The summed E-state index contributed by atoms with van der Waals surface area (Å²) in [5.41, 5.74) is -1.85. The van der Waals surface area contributed by atoms with Crippen LogP contribution in [-0.2, 0) is 16.2 Å². The van der Waals surface area contributed by atoms with E-state index in [4.69, 9.17) is 27.9 Å². The van der Waals surface area contributed by atoms with Crippen molar-refractivity contribution in [1.82, 2.24) is 5.32 Å². The number of halogens is 5. The summed E-state index contributed by atoms with van der Waals surface area (Å²) in [4.78, 5) is 1.48. The zero-order chi connectivity index (χ0) is 26.1. The Morgan fingerprint density at radius 1 is 1.00 bits per heavy atom. The van der Waals surface area contributed by atoms with Gasteiger partial charge in [0.2, 0.25) is 0 Å². The number of nitrogens with one attached hydrogen (secondary N) is 2. The molecule has 0 radical (unpaired) electrons. The first-order chi connectivity index (χ1) is 16.8. The summed E-state index contributed by atoms with van der Waals surface area (Å²) in [5, 5.41) is 4.01. The molecular weight excluding hydrogens is 556 g/mol. The monoisotopic (exact) mass is 576 g/mol. The molecule has 3 aromatic carbocycles. The van der Waals surface area contributed by atoms with Gasteiger partial charge in [-0.1, -0.05) is 35.0 Å². The quantitative estimate of drug-likeness (QED) is 0.314. The molecule has 12 heteroatoms. The van der Waals surface area contributed by atoms with Gasteiger partial charge in [-0.05, 0) is 68.1 Å². The Morgan fingerprint density at radius 2 is 1.67 bits per heavy atom. The van der Waals surface area contributed by atoms with Crippen molar-refractivity contribution >= 4 is 50.7 Å². The van der Waals surface area contributed by atoms with E-state index >= 15 is 0 Å². The first-order valence-corrected chi connectivity index (χ1v) is 13.8. The van der Waals surface area contributed by atoms with Crippen LogP contribution < -0.4 is 14.8 Å². The molecule has 0 amide bonds. The van der Waals surface area contributed by atoms with Crippen LogP contribution >= 0.6 is 35.0 Å². The molecule has 5 nitrogen and oxygen atoms in total. The minimum atomic E-state index is -4.66. The number of anilines is 1. The summed E-state index contributed by atoms with van der Waals surface area (Å²) in [6, 6.07) is 14.1. The second-order valence-corrected chi connectivity index (χ2v) is 12.2. The van der Waals surface area contributed by atoms with Crippen molar-refractivity contribution in [1.29, 1.82) is 0 Å². The molecule has 1 saturated heterocycles. The number of ether oxygens (including phenoxy) is 1. The SMILES string of the molecule is C[C@@]1(Oc2cc(NS(=O)(=O)c3ccc(Sc4cc(Cl)cc(Cl)c4)cc3)ccc2C(F)(F)F)CCNC1. The molecule has 0 saturated carbocycles. The van der Waals surface area contributed by atoms with Crippen LogP contribution in [0, 0.1) is 0 Å². The van der Waals surface area contributed by atoms with Crippen molar-refractivity contribution < 1.29 is 26.3 Å². The Kier molecular flexibility index (Phi) is 7.73. The van der Waals surface area contributed by atoms with E-state index < -0.39 is 33.1 Å². The van der Waals surface area contributed by atoms with Gasteiger partial charge in [0.15, 0.2) is 0 Å². The lowest BCUT2D eigenvalue weighted by Crippen LogP contribution is -2.35. The number of benzene rings is 3. The highest BCUT2D eigenvalue weighted by Gasteiger charge is 2.38. The van der Waals surface area contributed by atoms with Gasteiger partial charge in [0.05, 0.1) is 16.1 Å². The van der Waals surface area contributed by atoms with Crippen LogP contribution in [0.5, 0.6) is 5.75 Å². The fourth-order valence-electron chi connectivity index (χ4n) is 3.68. The third kappa shape index (κ3) is 6.60. The van der Waals surface area contributed by atoms with Crippen LogP contribution in [0.4, 0.5) is 18.9 Å². The molecule has 1 aliphatic rings. The lowest BCUT2D eigenvalue weighted by Gasteiger charge is -2.27. The standard InChI is InChI=1S/C24H21Cl2F3N2O3S2/c1-23(8-9-30-14-23)34-22-13-17(2-7-21(22)24(27,28)29)31-36(32,33)20-5-3-18(4-6-20)35-19-11-15(25)10-16(26)12-19/h2-7,10-13,30-31H,8-9,14H2,1H3/t23-/m1/s1. The average Bonchev–Trinajstić information content (AvgIpc) is 3.18. The second kappa shape index (κ2) is 10.3. The summed E-state index contributed by atoms with van der Waals surface area (Å²) >= 11 is 13.4. The predicted molar refractivity (Wildman–Crippen MR) is 136 cm³/mol. The molecule has 1 aliphatic heterocycles. The van der Waals surface area contributed by atoms with Gasteiger partial charge in [0.25, 0.3) is 10.0 Å². The first-order valence-electron chi connectivity index (χ1n) is 10.7. The molecule has 0 bridgehead atoms. The van der Waals surface area contributed by atoms with E-state index in [-0.39, 0.29) is 10.6 Å². The molecule has 1 heterocycles. The summed E-state index contributed by atoms with van der Waals surface area (Å²) in [5.74, 6) is -0.430. The van der Waals surface area contributed by atoms with Gasteiger partial charge >= 0.3 is 6.18 Å². The Balaban J connectivity index is 1.55. The Hall–Kier alpha value is -2.11. The third-order valence-corrected chi connectivity index (χ3v) is 8.24. The van der Waals surface area contributed by atoms with E-state index in [1.807, 2.05) is 0 Å². The van der Waals surface area contributed by atoms with Crippen molar-refractivity contribution in [3.63, 3.8) is 0 Å². The number of hydrogen-bond acceptors (Lipinski definition) is 5. The second-order valence-electron chi connectivity index (χ2n) is 8.47. The number of hydrogen-bond donors (Lipinski definition) is 2. The zero-order valence-electron chi connectivity index (χ0n) is 18.8. The minimum absolute atomic E-state index is 0.0421. The van der Waals surface area contributed by atoms with Crippen LogP contribution in [0.25, 0.3) is 0 Å². The van der Waals surface area contributed by atoms with Crippen molar-refractivity contribution in [2.75, 3.05) is 17.8 Å². The van der Waals surface area contributed by atoms with Crippen molar-refractivity contribution in [3.8, 4) is 5.75 Å². The largest absolute Gasteiger partial charge is 0.485 e. The zero-order valence-corrected chi connectivity index (χ0v) is 22.0. The number of sulfonamides is 1. The molecule has 0 aromatic heterocycles. The van der Waals surface area contributed by atoms with Gasteiger partial charge in [-0.3, -0.25) is 4.72 Å². The molecule has 0 aliphatic carbocycles. The number of rotatable bonds is 7. The van der Waals surface area contributed by atoms with Gasteiger partial charge in [-0.15, -0.1) is 0 Å². The Bertz CT molecular complexity index is 1340. The van der Waals surface area contributed by atoms with E-state index in [0.717, 1.165) is 28.0 Å². The molecule has 1 atom stereocenters. The van der Waals surface area contributed by atoms with Gasteiger partial charge in [0, 0.05) is 38.9 Å². The molecule has 0 spiro atoms. The maximum Gasteiger partial charge on any atom is 0.419 e. The summed E-state index contributed by atoms with van der Waals surface area (Å²) in [6.45, 7) is 2.70. The predicted octanol–water partition coefficient (Wildman–Crippen LogP) is 7.10. The van der Waals surface area contributed by atoms with E-state index in [0.29, 0.717) is 29.6 Å². The average molecular weight is 577 g/mol. The molecule has 0 unspecified atom stereocenters. The molecule has 192 valence electrons. The molecule has 3 aromatic rings. The maximum absolute atomic E-state index is 13.6. The normalized spacial score (nSPS) is 18.3. The highest BCUT2D eigenvalue weighted by Crippen LogP contribution is 2.40. The first kappa shape index (κ1) is 26.9. The number of alkyl halides is 3. The van der Waals surface area contributed by atoms with Crippen LogP contribution in [0.3, 0.4) is 0 Å². The molecule has 2 N–H and O–H groups in total. The van der Waals surface area contributed by atoms with E-state index in [1.165, 1.54) is 23.9 Å². The van der Waals surface area contributed by atoms with Crippen molar-refractivity contribution in [2.24, 2.45) is 0 Å². The van der Waals surface area contributed by atoms with E-state index in [2.05, 4.69) is 10.0 Å². The smallest absolute Gasteiger partial charge is 0.419 e. The van der Waals surface area contributed by atoms with Gasteiger partial charge < -0.3 is 10.1 Å². The Morgan fingerprint density at radius 3 is 2.25 bits per heavy atom. The fourth-order valence-corrected chi connectivity index (χ4v) is 6.30. The van der Waals surface area contributed by atoms with Crippen molar-refractivity contribution in [3.05, 3.63) is 76.3 Å². The van der Waals surface area contributed by atoms with Gasteiger partial charge in [-0.2, -0.15) is 13.2 Å². The summed E-state index contributed by atoms with van der Waals surface area (Å²) < 4.78 is 74.7. The maximum atomic E-state index is 13.6. The lowest BCUT2D eigenvalue weighted by atomic mass is 10.1. The molecule has 4 rings (SSSR count). The molecule has 1 fully saturated rings. The van der Waals surface area contributed by atoms with Gasteiger partial charge in [0.1, 0.15) is 11.4 Å². The molecular formula is C24H21Cl2F3N2O3S2. The fraction of sp³-hybridized carbons (Fsp3) is 0.250. The topological polar surface area (TPSA) is 67.4 Å². The van der Waals surface area contributed by atoms with E-state index in [9.17, 15) is 21.6 Å². The summed E-state index contributed by atoms with van der Waals surface area (Å²) in [7, 11) is -4.07. The van der Waals surface area contributed by atoms with E-state index in [1.54, 1.807) is 37.3 Å². The van der Waals surface area contributed by atoms with Crippen LogP contribution in [0.1, 0.15) is 18.9 Å². The highest BCUT2D eigenvalue weighted by atomic mass is 35.5. The Labute approximate surface area is 221 Å². The lowest BCUT2D eigenvalue weighted by molar-refractivity contribution is -0.139.